The summed E-state index contributed by atoms with van der Waals surface area (Å²) in [6.07, 6.45) is 0. The molecule has 6 nitrogen and oxygen atoms in total. The molecular weight excluding hydrogens is 391 g/mol. The van der Waals surface area contributed by atoms with Gasteiger partial charge in [0, 0.05) is 23.7 Å². The number of nitrogens with one attached hydrogen (secondary N) is 1. The van der Waals surface area contributed by atoms with Crippen molar-refractivity contribution in [2.45, 2.75) is 0 Å². The van der Waals surface area contributed by atoms with Crippen molar-refractivity contribution < 1.29 is 19.0 Å². The van der Waals surface area contributed by atoms with Crippen LogP contribution in [0, 0.1) is 0 Å². The van der Waals surface area contributed by atoms with E-state index >= 15 is 0 Å². The maximum Gasteiger partial charge on any atom is 0.238 e. The minimum atomic E-state index is -0.178. The molecule has 0 aliphatic carbocycles. The number of nitrogens with zero attached hydrogens (tertiary/aromatic N) is 1. The number of hydrogen-bond acceptors (Lipinski definition) is 5. The summed E-state index contributed by atoms with van der Waals surface area (Å²) in [6.45, 7) is 2.20. The van der Waals surface area contributed by atoms with Crippen LogP contribution in [0.1, 0.15) is 0 Å². The Morgan fingerprint density at radius 2 is 1.81 bits per heavy atom. The number of hydrogen-bond donors (Lipinski definition) is 1. The lowest BCUT2D eigenvalue weighted by atomic mass is 10.2. The first-order chi connectivity index (χ1) is 13.0. The monoisotopic (exact) mass is 410 g/mol. The van der Waals surface area contributed by atoms with Crippen molar-refractivity contribution in [3.8, 4) is 17.2 Å². The summed E-state index contributed by atoms with van der Waals surface area (Å²) >= 11 is 12.0. The van der Waals surface area contributed by atoms with Gasteiger partial charge in [0.05, 0.1) is 17.3 Å². The van der Waals surface area contributed by atoms with Crippen molar-refractivity contribution in [2.24, 2.45) is 0 Å². The lowest BCUT2D eigenvalue weighted by Crippen LogP contribution is -2.33. The Kier molecular flexibility index (Phi) is 6.66. The van der Waals surface area contributed by atoms with E-state index in [2.05, 4.69) is 5.32 Å². The number of ether oxygens (including phenoxy) is 3. The van der Waals surface area contributed by atoms with E-state index in [9.17, 15) is 4.79 Å². The predicted molar refractivity (Wildman–Crippen MR) is 106 cm³/mol. The largest absolute Gasteiger partial charge is 0.492 e. The fraction of sp³-hybridized carbons (Fsp3) is 0.316. The Labute approximate surface area is 167 Å². The molecule has 0 aromatic heterocycles. The number of likely N-dealkylation sites (N-methyl/N-ethyl adjacent to an activating group) is 1. The molecule has 0 saturated heterocycles. The number of halogens is 2. The molecule has 0 bridgehead atoms. The average molecular weight is 411 g/mol. The van der Waals surface area contributed by atoms with Crippen LogP contribution in [0.4, 0.5) is 5.69 Å². The van der Waals surface area contributed by atoms with Crippen molar-refractivity contribution in [3.63, 3.8) is 0 Å². The maximum atomic E-state index is 12.3. The van der Waals surface area contributed by atoms with Gasteiger partial charge in [-0.1, -0.05) is 23.2 Å². The summed E-state index contributed by atoms with van der Waals surface area (Å²) in [5.41, 5.74) is 0.497. The highest BCUT2D eigenvalue weighted by atomic mass is 35.5. The van der Waals surface area contributed by atoms with E-state index in [1.165, 1.54) is 0 Å². The molecule has 1 aliphatic heterocycles. The van der Waals surface area contributed by atoms with Crippen molar-refractivity contribution in [3.05, 3.63) is 46.4 Å². The number of benzene rings is 2. The molecule has 8 heteroatoms. The summed E-state index contributed by atoms with van der Waals surface area (Å²) in [7, 11) is 1.84. The smallest absolute Gasteiger partial charge is 0.238 e. The predicted octanol–water partition coefficient (Wildman–Crippen LogP) is 3.71. The van der Waals surface area contributed by atoms with E-state index in [1.54, 1.807) is 36.4 Å². The van der Waals surface area contributed by atoms with Crippen LogP contribution in [-0.4, -0.2) is 50.8 Å². The van der Waals surface area contributed by atoms with Crippen LogP contribution >= 0.6 is 23.2 Å². The number of rotatable bonds is 7. The molecule has 1 N–H and O–H groups in total. The van der Waals surface area contributed by atoms with Crippen molar-refractivity contribution in [1.82, 2.24) is 4.90 Å². The van der Waals surface area contributed by atoms with E-state index in [0.717, 1.165) is 5.75 Å². The zero-order valence-electron chi connectivity index (χ0n) is 14.8. The molecule has 27 heavy (non-hydrogen) atoms. The SMILES string of the molecule is CN(CCOc1ccc(Cl)cc1)CC(=O)Nc1cc2c(cc1Cl)OCCO2. The fourth-order valence-electron chi connectivity index (χ4n) is 2.52. The molecule has 0 saturated carbocycles. The van der Waals surface area contributed by atoms with Crippen molar-refractivity contribution in [1.29, 1.82) is 0 Å². The highest BCUT2D eigenvalue weighted by Crippen LogP contribution is 2.37. The van der Waals surface area contributed by atoms with Gasteiger partial charge in [0.1, 0.15) is 25.6 Å². The van der Waals surface area contributed by atoms with Crippen LogP contribution in [0.15, 0.2) is 36.4 Å². The van der Waals surface area contributed by atoms with Gasteiger partial charge in [0.2, 0.25) is 5.91 Å². The number of carbonyl (C=O) groups is 1. The second-order valence-electron chi connectivity index (χ2n) is 6.06. The Balaban J connectivity index is 1.46. The third-order valence-corrected chi connectivity index (χ3v) is 4.44. The van der Waals surface area contributed by atoms with Gasteiger partial charge in [-0.25, -0.2) is 0 Å². The molecule has 144 valence electrons. The van der Waals surface area contributed by atoms with Crippen molar-refractivity contribution >= 4 is 34.8 Å². The summed E-state index contributed by atoms with van der Waals surface area (Å²) in [6, 6.07) is 10.5. The van der Waals surface area contributed by atoms with Gasteiger partial charge >= 0.3 is 0 Å². The Bertz CT molecular complexity index is 799. The number of fused-ring (bicyclic) bond motifs is 1. The van der Waals surface area contributed by atoms with Gasteiger partial charge in [-0.05, 0) is 31.3 Å². The Hall–Kier alpha value is -2.15. The van der Waals surface area contributed by atoms with Crippen LogP contribution < -0.4 is 19.5 Å². The lowest BCUT2D eigenvalue weighted by Gasteiger charge is -2.20. The van der Waals surface area contributed by atoms with Crippen molar-refractivity contribution in [2.75, 3.05) is 45.3 Å². The maximum absolute atomic E-state index is 12.3. The number of amides is 1. The third kappa shape index (κ3) is 5.66. The number of anilines is 1. The average Bonchev–Trinajstić information content (AvgIpc) is 2.64. The molecule has 1 amide bonds. The molecular formula is C19H20Cl2N2O4. The molecule has 2 aromatic rings. The first-order valence-electron chi connectivity index (χ1n) is 8.47. The standard InChI is InChI=1S/C19H20Cl2N2O4/c1-23(6-7-25-14-4-2-13(20)3-5-14)12-19(24)22-16-11-18-17(10-15(16)21)26-8-9-27-18/h2-5,10-11H,6-9,12H2,1H3,(H,22,24). The van der Waals surface area contributed by atoms with Crippen LogP contribution in [0.5, 0.6) is 17.2 Å². The molecule has 2 aromatic carbocycles. The summed E-state index contributed by atoms with van der Waals surface area (Å²) in [4.78, 5) is 14.1. The molecule has 0 spiro atoms. The van der Waals surface area contributed by atoms with E-state index in [4.69, 9.17) is 37.4 Å². The molecule has 0 unspecified atom stereocenters. The van der Waals surface area contributed by atoms with E-state index in [-0.39, 0.29) is 12.5 Å². The molecule has 1 heterocycles. The molecule has 0 fully saturated rings. The normalized spacial score (nSPS) is 12.7. The highest BCUT2D eigenvalue weighted by molar-refractivity contribution is 6.34. The van der Waals surface area contributed by atoms with Gasteiger partial charge in [0.25, 0.3) is 0 Å². The molecule has 3 rings (SSSR count). The van der Waals surface area contributed by atoms with E-state index < -0.39 is 0 Å². The first kappa shape index (κ1) is 19.6. The first-order valence-corrected chi connectivity index (χ1v) is 9.23. The zero-order chi connectivity index (χ0) is 19.2. The summed E-state index contributed by atoms with van der Waals surface area (Å²) in [5, 5.41) is 3.87. The van der Waals surface area contributed by atoms with Crippen LogP contribution in [0.2, 0.25) is 10.0 Å². The topological polar surface area (TPSA) is 60.0 Å². The third-order valence-electron chi connectivity index (χ3n) is 3.87. The van der Waals surface area contributed by atoms with Gasteiger partial charge in [-0.2, -0.15) is 0 Å². The summed E-state index contributed by atoms with van der Waals surface area (Å²) < 4.78 is 16.6. The van der Waals surface area contributed by atoms with Crippen LogP contribution in [-0.2, 0) is 4.79 Å². The van der Waals surface area contributed by atoms with E-state index in [0.29, 0.717) is 53.6 Å². The van der Waals surface area contributed by atoms with E-state index in [1.807, 2.05) is 11.9 Å². The minimum Gasteiger partial charge on any atom is -0.492 e. The number of carbonyl (C=O) groups excluding carboxylic acids is 1. The quantitative estimate of drug-likeness (QED) is 0.753. The highest BCUT2D eigenvalue weighted by Gasteiger charge is 2.17. The second-order valence-corrected chi connectivity index (χ2v) is 6.91. The minimum absolute atomic E-state index is 0.178. The lowest BCUT2D eigenvalue weighted by molar-refractivity contribution is -0.117. The fourth-order valence-corrected chi connectivity index (χ4v) is 2.85. The van der Waals surface area contributed by atoms with Gasteiger partial charge in [-0.3, -0.25) is 9.69 Å². The molecule has 1 aliphatic rings. The Morgan fingerprint density at radius 3 is 2.52 bits per heavy atom. The summed E-state index contributed by atoms with van der Waals surface area (Å²) in [5.74, 6) is 1.72. The van der Waals surface area contributed by atoms with Gasteiger partial charge in [-0.15, -0.1) is 0 Å². The van der Waals surface area contributed by atoms with Crippen LogP contribution in [0.25, 0.3) is 0 Å². The molecule has 0 radical (unpaired) electrons. The Morgan fingerprint density at radius 1 is 1.15 bits per heavy atom. The second kappa shape index (κ2) is 9.17. The molecule has 0 atom stereocenters. The zero-order valence-corrected chi connectivity index (χ0v) is 16.3. The van der Waals surface area contributed by atoms with Crippen LogP contribution in [0.3, 0.4) is 0 Å². The van der Waals surface area contributed by atoms with Gasteiger partial charge in [0.15, 0.2) is 11.5 Å². The van der Waals surface area contributed by atoms with Gasteiger partial charge < -0.3 is 19.5 Å².